The van der Waals surface area contributed by atoms with Crippen LogP contribution in [-0.2, 0) is 0 Å². The van der Waals surface area contributed by atoms with Crippen molar-refractivity contribution < 1.29 is 4.42 Å². The molecule has 0 saturated heterocycles. The van der Waals surface area contributed by atoms with Crippen LogP contribution in [0.15, 0.2) is 14.3 Å². The van der Waals surface area contributed by atoms with Crippen molar-refractivity contribution in [2.24, 2.45) is 0 Å². The minimum atomic E-state index is 0.211. The van der Waals surface area contributed by atoms with Gasteiger partial charge in [-0.25, -0.2) is 0 Å². The highest BCUT2D eigenvalue weighted by molar-refractivity contribution is 9.11. The van der Waals surface area contributed by atoms with Gasteiger partial charge in [0.25, 0.3) is 0 Å². The van der Waals surface area contributed by atoms with Crippen molar-refractivity contribution in [3.8, 4) is 0 Å². The second kappa shape index (κ2) is 4.90. The number of thiophene rings is 1. The Morgan fingerprint density at radius 3 is 2.24 bits per heavy atom. The third kappa shape index (κ3) is 2.40. The van der Waals surface area contributed by atoms with E-state index in [1.165, 1.54) is 25.4 Å². The minimum Gasteiger partial charge on any atom is -0.466 e. The molecule has 1 unspecified atom stereocenters. The molecule has 1 nitrogen and oxygen atoms in total. The summed E-state index contributed by atoms with van der Waals surface area (Å²) in [5, 5.41) is 0. The molecule has 2 heterocycles. The number of hydrogen-bond acceptors (Lipinski definition) is 2. The molecule has 0 saturated carbocycles. The molecule has 0 N–H and O–H groups in total. The Hall–Kier alpha value is -0.0600. The fraction of sp³-hybridized carbons (Fsp3) is 0.385. The molecule has 0 aromatic carbocycles. The van der Waals surface area contributed by atoms with Crippen LogP contribution in [0.1, 0.15) is 37.9 Å². The molecule has 2 aromatic rings. The van der Waals surface area contributed by atoms with E-state index >= 15 is 0 Å². The van der Waals surface area contributed by atoms with Crippen LogP contribution in [0.2, 0.25) is 0 Å². The van der Waals surface area contributed by atoms with Crippen LogP contribution in [-0.4, -0.2) is 0 Å². The van der Waals surface area contributed by atoms with Gasteiger partial charge in [0.15, 0.2) is 0 Å². The first-order valence-corrected chi connectivity index (χ1v) is 7.90. The second-order valence-corrected chi connectivity index (χ2v) is 7.73. The predicted octanol–water partition coefficient (Wildman–Crippen LogP) is 5.82. The van der Waals surface area contributed by atoms with Gasteiger partial charge in [0, 0.05) is 10.4 Å². The lowest BCUT2D eigenvalue weighted by Crippen LogP contribution is -1.95. The molecular weight excluding hydrogens is 364 g/mol. The summed E-state index contributed by atoms with van der Waals surface area (Å²) in [6.07, 6.45) is 0. The van der Waals surface area contributed by atoms with Crippen LogP contribution < -0.4 is 0 Å². The molecule has 0 spiro atoms. The average molecular weight is 378 g/mol. The normalized spacial score (nSPS) is 13.1. The van der Waals surface area contributed by atoms with Gasteiger partial charge in [0.05, 0.1) is 8.61 Å². The molecule has 0 aliphatic rings. The lowest BCUT2D eigenvalue weighted by Gasteiger charge is -2.10. The zero-order chi connectivity index (χ0) is 12.7. The molecule has 2 aromatic heterocycles. The van der Waals surface area contributed by atoms with Gasteiger partial charge < -0.3 is 4.42 Å². The molecule has 1 atom stereocenters. The highest BCUT2D eigenvalue weighted by atomic mass is 79.9. The Morgan fingerprint density at radius 2 is 1.82 bits per heavy atom. The van der Waals surface area contributed by atoms with Gasteiger partial charge >= 0.3 is 0 Å². The number of furan rings is 1. The molecule has 0 amide bonds. The molecular formula is C13H14Br2OS. The van der Waals surface area contributed by atoms with E-state index in [0.717, 1.165) is 11.5 Å². The Labute approximate surface area is 122 Å². The van der Waals surface area contributed by atoms with Crippen molar-refractivity contribution in [1.29, 1.82) is 0 Å². The first-order valence-electron chi connectivity index (χ1n) is 5.38. The fourth-order valence-electron chi connectivity index (χ4n) is 2.05. The quantitative estimate of drug-likeness (QED) is 0.600. The maximum Gasteiger partial charge on any atom is 0.106 e. The van der Waals surface area contributed by atoms with Crippen LogP contribution in [0.4, 0.5) is 0 Å². The Balaban J connectivity index is 2.50. The van der Waals surface area contributed by atoms with E-state index < -0.39 is 0 Å². The molecule has 0 aliphatic heterocycles. The molecule has 0 bridgehead atoms. The number of aryl methyl sites for hydroxylation is 3. The summed E-state index contributed by atoms with van der Waals surface area (Å²) >= 11 is 9.11. The van der Waals surface area contributed by atoms with Gasteiger partial charge in [0.2, 0.25) is 0 Å². The average Bonchev–Trinajstić information content (AvgIpc) is 2.68. The van der Waals surface area contributed by atoms with Crippen molar-refractivity contribution in [3.63, 3.8) is 0 Å². The summed E-state index contributed by atoms with van der Waals surface area (Å²) in [7, 11) is 0. The standard InChI is InChI=1S/C13H14Br2OS/c1-6-7(2)16-8(3)12(6)13(15)10-5-11(14)17-9(10)4/h5,13H,1-4H3. The third-order valence-corrected chi connectivity index (χ3v) is 5.59. The molecule has 92 valence electrons. The van der Waals surface area contributed by atoms with E-state index in [1.807, 2.05) is 13.8 Å². The van der Waals surface area contributed by atoms with Crippen LogP contribution in [0.25, 0.3) is 0 Å². The van der Waals surface area contributed by atoms with Crippen molar-refractivity contribution >= 4 is 43.2 Å². The largest absolute Gasteiger partial charge is 0.466 e. The van der Waals surface area contributed by atoms with Gasteiger partial charge in [-0.3, -0.25) is 0 Å². The van der Waals surface area contributed by atoms with E-state index in [0.29, 0.717) is 0 Å². The smallest absolute Gasteiger partial charge is 0.106 e. The zero-order valence-electron chi connectivity index (χ0n) is 10.2. The van der Waals surface area contributed by atoms with Gasteiger partial charge in [-0.05, 0) is 60.8 Å². The molecule has 0 aliphatic carbocycles. The molecule has 0 fully saturated rings. The Morgan fingerprint density at radius 1 is 1.18 bits per heavy atom. The first kappa shape index (κ1) is 13.4. The fourth-order valence-corrected chi connectivity index (χ4v) is 5.09. The molecule has 0 radical (unpaired) electrons. The summed E-state index contributed by atoms with van der Waals surface area (Å²) in [5.74, 6) is 2.01. The summed E-state index contributed by atoms with van der Waals surface area (Å²) in [4.78, 5) is 1.54. The molecule has 4 heteroatoms. The number of hydrogen-bond donors (Lipinski definition) is 0. The predicted molar refractivity (Wildman–Crippen MR) is 80.4 cm³/mol. The van der Waals surface area contributed by atoms with Crippen molar-refractivity contribution in [2.75, 3.05) is 0 Å². The maximum absolute atomic E-state index is 5.70. The SMILES string of the molecule is Cc1oc(C)c(C(Br)c2cc(Br)sc2C)c1C. The third-order valence-electron chi connectivity index (χ3n) is 3.07. The topological polar surface area (TPSA) is 13.1 Å². The van der Waals surface area contributed by atoms with Gasteiger partial charge in [-0.15, -0.1) is 11.3 Å². The van der Waals surface area contributed by atoms with Crippen molar-refractivity contribution in [3.05, 3.63) is 42.9 Å². The van der Waals surface area contributed by atoms with Gasteiger partial charge in [-0.1, -0.05) is 15.9 Å². The zero-order valence-corrected chi connectivity index (χ0v) is 14.2. The van der Waals surface area contributed by atoms with Crippen molar-refractivity contribution in [1.82, 2.24) is 0 Å². The van der Waals surface area contributed by atoms with Gasteiger partial charge in [-0.2, -0.15) is 0 Å². The summed E-state index contributed by atoms with van der Waals surface area (Å²) in [6, 6.07) is 2.18. The van der Waals surface area contributed by atoms with Crippen LogP contribution in [0, 0.1) is 27.7 Å². The number of alkyl halides is 1. The van der Waals surface area contributed by atoms with Crippen LogP contribution in [0.5, 0.6) is 0 Å². The lowest BCUT2D eigenvalue weighted by molar-refractivity contribution is 0.500. The highest BCUT2D eigenvalue weighted by Gasteiger charge is 2.22. The lowest BCUT2D eigenvalue weighted by atomic mass is 10.0. The Bertz CT molecular complexity index is 554. The van der Waals surface area contributed by atoms with E-state index in [1.54, 1.807) is 11.3 Å². The monoisotopic (exact) mass is 376 g/mol. The van der Waals surface area contributed by atoms with Crippen LogP contribution >= 0.6 is 43.2 Å². The molecule has 2 rings (SSSR count). The van der Waals surface area contributed by atoms with Crippen LogP contribution in [0.3, 0.4) is 0 Å². The van der Waals surface area contributed by atoms with E-state index in [4.69, 9.17) is 4.42 Å². The number of rotatable bonds is 2. The summed E-state index contributed by atoms with van der Waals surface area (Å²) in [5.41, 5.74) is 3.82. The van der Waals surface area contributed by atoms with E-state index in [9.17, 15) is 0 Å². The second-order valence-electron chi connectivity index (χ2n) is 4.18. The summed E-state index contributed by atoms with van der Waals surface area (Å²) in [6.45, 7) is 8.31. The van der Waals surface area contributed by atoms with Crippen molar-refractivity contribution in [2.45, 2.75) is 32.5 Å². The number of halogens is 2. The highest BCUT2D eigenvalue weighted by Crippen LogP contribution is 2.42. The van der Waals surface area contributed by atoms with Gasteiger partial charge in [0.1, 0.15) is 11.5 Å². The van der Waals surface area contributed by atoms with E-state index in [-0.39, 0.29) is 4.83 Å². The van der Waals surface area contributed by atoms with E-state index in [2.05, 4.69) is 51.8 Å². The summed E-state index contributed by atoms with van der Waals surface area (Å²) < 4.78 is 6.87. The molecule has 17 heavy (non-hydrogen) atoms. The maximum atomic E-state index is 5.70. The first-order chi connectivity index (χ1) is 7.91. The minimum absolute atomic E-state index is 0.211. The Kier molecular flexibility index (Phi) is 3.86.